The van der Waals surface area contributed by atoms with Crippen LogP contribution in [0, 0.1) is 11.6 Å². The molecule has 0 spiro atoms. The number of nitrogens with one attached hydrogen (secondary N) is 1. The van der Waals surface area contributed by atoms with Crippen molar-refractivity contribution in [3.05, 3.63) is 78.0 Å². The maximum absolute atomic E-state index is 13.3. The van der Waals surface area contributed by atoms with Crippen molar-refractivity contribution in [1.82, 2.24) is 5.32 Å². The summed E-state index contributed by atoms with van der Waals surface area (Å²) in [7, 11) is 0. The Labute approximate surface area is 134 Å². The van der Waals surface area contributed by atoms with Gasteiger partial charge >= 0.3 is 0 Å². The number of halogens is 2. The molecule has 118 valence electrons. The Bertz CT molecular complexity index is 721. The second-order valence-corrected chi connectivity index (χ2v) is 5.35. The van der Waals surface area contributed by atoms with E-state index < -0.39 is 11.6 Å². The lowest BCUT2D eigenvalue weighted by molar-refractivity contribution is 0.582. The third-order valence-electron chi connectivity index (χ3n) is 3.64. The Balaban J connectivity index is 1.74. The SMILES string of the molecule is C[C@H](N=C1C=CN(c2cc(F)cc(F)c2)CN1)c1ccccc1. The minimum atomic E-state index is -0.592. The zero-order chi connectivity index (χ0) is 16.2. The van der Waals surface area contributed by atoms with E-state index >= 15 is 0 Å². The third kappa shape index (κ3) is 3.74. The fraction of sp³-hybridized carbons (Fsp3) is 0.167. The molecule has 1 N–H and O–H groups in total. The topological polar surface area (TPSA) is 27.6 Å². The lowest BCUT2D eigenvalue weighted by atomic mass is 10.1. The van der Waals surface area contributed by atoms with Crippen molar-refractivity contribution in [2.24, 2.45) is 4.99 Å². The minimum absolute atomic E-state index is 0.0292. The first-order valence-corrected chi connectivity index (χ1v) is 7.39. The van der Waals surface area contributed by atoms with Crippen molar-refractivity contribution in [3.8, 4) is 0 Å². The Kier molecular flexibility index (Phi) is 4.37. The molecule has 1 atom stereocenters. The smallest absolute Gasteiger partial charge is 0.128 e. The molecule has 3 rings (SSSR count). The number of aliphatic imine (C=N–C) groups is 1. The van der Waals surface area contributed by atoms with Gasteiger partial charge in [0.1, 0.15) is 17.5 Å². The highest BCUT2D eigenvalue weighted by atomic mass is 19.1. The molecule has 0 unspecified atom stereocenters. The average Bonchev–Trinajstić information content (AvgIpc) is 2.55. The monoisotopic (exact) mass is 313 g/mol. The van der Waals surface area contributed by atoms with E-state index in [0.29, 0.717) is 12.4 Å². The molecule has 5 heteroatoms. The maximum Gasteiger partial charge on any atom is 0.128 e. The van der Waals surface area contributed by atoms with Crippen LogP contribution in [0.2, 0.25) is 0 Å². The van der Waals surface area contributed by atoms with Gasteiger partial charge in [-0.15, -0.1) is 0 Å². The molecule has 0 bridgehead atoms. The van der Waals surface area contributed by atoms with Gasteiger partial charge in [-0.3, -0.25) is 4.99 Å². The van der Waals surface area contributed by atoms with E-state index in [-0.39, 0.29) is 6.04 Å². The average molecular weight is 313 g/mol. The molecule has 0 aliphatic carbocycles. The lowest BCUT2D eigenvalue weighted by Crippen LogP contribution is -2.38. The first kappa shape index (κ1) is 15.2. The van der Waals surface area contributed by atoms with Gasteiger partial charge in [-0.25, -0.2) is 8.78 Å². The standard InChI is InChI=1S/C18H17F2N3/c1-13(14-5-3-2-4-6-14)22-18-7-8-23(12-21-18)17-10-15(19)9-16(20)11-17/h2-11,13H,12H2,1H3,(H,21,22)/t13-/m0/s1. The second kappa shape index (κ2) is 6.60. The van der Waals surface area contributed by atoms with Gasteiger partial charge < -0.3 is 10.2 Å². The summed E-state index contributed by atoms with van der Waals surface area (Å²) in [6.07, 6.45) is 3.56. The summed E-state index contributed by atoms with van der Waals surface area (Å²) in [6, 6.07) is 13.5. The predicted octanol–water partition coefficient (Wildman–Crippen LogP) is 4.01. The molecule has 23 heavy (non-hydrogen) atoms. The van der Waals surface area contributed by atoms with E-state index in [2.05, 4.69) is 10.3 Å². The largest absolute Gasteiger partial charge is 0.353 e. The molecule has 1 aliphatic heterocycles. The molecule has 1 heterocycles. The predicted molar refractivity (Wildman–Crippen MR) is 88.3 cm³/mol. The van der Waals surface area contributed by atoms with Crippen LogP contribution in [-0.4, -0.2) is 12.5 Å². The van der Waals surface area contributed by atoms with Crippen molar-refractivity contribution in [2.75, 3.05) is 11.6 Å². The summed E-state index contributed by atoms with van der Waals surface area (Å²) >= 11 is 0. The Morgan fingerprint density at radius 1 is 1.09 bits per heavy atom. The summed E-state index contributed by atoms with van der Waals surface area (Å²) in [6.45, 7) is 2.42. The first-order chi connectivity index (χ1) is 11.1. The number of anilines is 1. The van der Waals surface area contributed by atoms with E-state index in [0.717, 1.165) is 17.5 Å². The molecular weight excluding hydrogens is 296 g/mol. The summed E-state index contributed by atoms with van der Waals surface area (Å²) in [5, 5.41) is 3.15. The van der Waals surface area contributed by atoms with Crippen LogP contribution >= 0.6 is 0 Å². The number of hydrogen-bond donors (Lipinski definition) is 1. The Morgan fingerprint density at radius 2 is 1.78 bits per heavy atom. The molecule has 2 aromatic rings. The zero-order valence-electron chi connectivity index (χ0n) is 12.7. The van der Waals surface area contributed by atoms with Crippen molar-refractivity contribution in [1.29, 1.82) is 0 Å². The van der Waals surface area contributed by atoms with Crippen LogP contribution in [-0.2, 0) is 0 Å². The molecular formula is C18H17F2N3. The number of hydrogen-bond acceptors (Lipinski definition) is 2. The second-order valence-electron chi connectivity index (χ2n) is 5.35. The molecule has 0 amide bonds. The molecule has 1 aliphatic rings. The third-order valence-corrected chi connectivity index (χ3v) is 3.64. The summed E-state index contributed by atoms with van der Waals surface area (Å²) in [5.41, 5.74) is 1.59. The number of rotatable bonds is 3. The summed E-state index contributed by atoms with van der Waals surface area (Å²) in [4.78, 5) is 6.33. The molecule has 0 radical (unpaired) electrons. The van der Waals surface area contributed by atoms with Crippen molar-refractivity contribution in [3.63, 3.8) is 0 Å². The van der Waals surface area contributed by atoms with Gasteiger partial charge in [0, 0.05) is 18.0 Å². The van der Waals surface area contributed by atoms with Crippen molar-refractivity contribution >= 4 is 11.5 Å². The van der Waals surface area contributed by atoms with E-state index in [1.165, 1.54) is 12.1 Å². The normalized spacial score (nSPS) is 17.2. The molecule has 0 saturated carbocycles. The highest BCUT2D eigenvalue weighted by Gasteiger charge is 2.12. The van der Waals surface area contributed by atoms with Crippen LogP contribution in [0.5, 0.6) is 0 Å². The maximum atomic E-state index is 13.3. The Morgan fingerprint density at radius 3 is 2.39 bits per heavy atom. The lowest BCUT2D eigenvalue weighted by Gasteiger charge is -2.26. The first-order valence-electron chi connectivity index (χ1n) is 7.39. The van der Waals surface area contributed by atoms with Gasteiger partial charge in [-0.1, -0.05) is 30.3 Å². The van der Waals surface area contributed by atoms with Crippen LogP contribution in [0.3, 0.4) is 0 Å². The van der Waals surface area contributed by atoms with Crippen molar-refractivity contribution in [2.45, 2.75) is 13.0 Å². The minimum Gasteiger partial charge on any atom is -0.353 e. The molecule has 3 nitrogen and oxygen atoms in total. The van der Waals surface area contributed by atoms with Gasteiger partial charge in [0.05, 0.1) is 12.7 Å². The van der Waals surface area contributed by atoms with Gasteiger partial charge in [-0.2, -0.15) is 0 Å². The summed E-state index contributed by atoms with van der Waals surface area (Å²) < 4.78 is 26.6. The van der Waals surface area contributed by atoms with Gasteiger partial charge in [0.15, 0.2) is 0 Å². The van der Waals surface area contributed by atoms with Crippen LogP contribution < -0.4 is 10.2 Å². The van der Waals surface area contributed by atoms with Crippen LogP contribution in [0.4, 0.5) is 14.5 Å². The Hall–Kier alpha value is -2.69. The van der Waals surface area contributed by atoms with Crippen LogP contribution in [0.25, 0.3) is 0 Å². The van der Waals surface area contributed by atoms with Gasteiger partial charge in [0.2, 0.25) is 0 Å². The summed E-state index contributed by atoms with van der Waals surface area (Å²) in [5.74, 6) is -0.439. The molecule has 2 aromatic carbocycles. The highest BCUT2D eigenvalue weighted by molar-refractivity contribution is 5.94. The number of amidine groups is 1. The number of benzene rings is 2. The van der Waals surface area contributed by atoms with Crippen LogP contribution in [0.1, 0.15) is 18.5 Å². The fourth-order valence-corrected chi connectivity index (χ4v) is 2.42. The number of nitrogens with zero attached hydrogens (tertiary/aromatic N) is 2. The fourth-order valence-electron chi connectivity index (χ4n) is 2.42. The van der Waals surface area contributed by atoms with Crippen LogP contribution in [0.15, 0.2) is 65.8 Å². The molecule has 0 saturated heterocycles. The zero-order valence-corrected chi connectivity index (χ0v) is 12.7. The van der Waals surface area contributed by atoms with E-state index in [9.17, 15) is 8.78 Å². The van der Waals surface area contributed by atoms with Gasteiger partial charge in [-0.05, 0) is 30.7 Å². The molecule has 0 fully saturated rings. The van der Waals surface area contributed by atoms with Gasteiger partial charge in [0.25, 0.3) is 0 Å². The van der Waals surface area contributed by atoms with E-state index in [4.69, 9.17) is 0 Å². The quantitative estimate of drug-likeness (QED) is 0.927. The van der Waals surface area contributed by atoms with Crippen molar-refractivity contribution < 1.29 is 8.78 Å². The highest BCUT2D eigenvalue weighted by Crippen LogP contribution is 2.20. The van der Waals surface area contributed by atoms with E-state index in [1.54, 1.807) is 17.2 Å². The molecule has 0 aromatic heterocycles. The van der Waals surface area contributed by atoms with E-state index in [1.807, 2.05) is 37.3 Å².